The monoisotopic (exact) mass is 620 g/mol. The number of nitrogens with zero attached hydrogens (tertiary/aromatic N) is 5. The Hall–Kier alpha value is -4.87. The van der Waals surface area contributed by atoms with Gasteiger partial charge in [-0.15, -0.1) is 0 Å². The van der Waals surface area contributed by atoms with Crippen molar-refractivity contribution in [2.75, 3.05) is 46.1 Å². The van der Waals surface area contributed by atoms with E-state index in [9.17, 15) is 9.18 Å². The van der Waals surface area contributed by atoms with Gasteiger partial charge in [0, 0.05) is 49.2 Å². The van der Waals surface area contributed by atoms with Gasteiger partial charge in [-0.3, -0.25) is 24.8 Å². The first-order valence-electron chi connectivity index (χ1n) is 15.6. The van der Waals surface area contributed by atoms with Crippen molar-refractivity contribution >= 4 is 22.6 Å². The lowest BCUT2D eigenvalue weighted by atomic mass is 9.89. The predicted octanol–water partition coefficient (Wildman–Crippen LogP) is 4.84. The van der Waals surface area contributed by atoms with E-state index in [0.717, 1.165) is 71.3 Å². The molecule has 2 aliphatic heterocycles. The quantitative estimate of drug-likeness (QED) is 0.225. The summed E-state index contributed by atoms with van der Waals surface area (Å²) in [6, 6.07) is 16.5. The molecule has 236 valence electrons. The normalized spacial score (nSPS) is 16.4. The predicted molar refractivity (Wildman–Crippen MR) is 176 cm³/mol. The number of aromatic nitrogens is 4. The summed E-state index contributed by atoms with van der Waals surface area (Å²) in [6.07, 6.45) is 6.14. The Bertz CT molecular complexity index is 1860. The standard InChI is InChI=1S/C35H37FN8O2/c1-43-19-26(20-43)44-13-11-22(12-14-44)24-7-9-29(38-17-24)28-18-39-32(31-33(28)41-42-34(31)37)23-5-3-21(4-6-23)16-40-35(45)27-15-25(36)8-10-30(27)46-2/h3-10,15,17-18,22,26H,11-14,16,19-20H2,1-2H3,(H,40,45)(H3,37,41,42). The van der Waals surface area contributed by atoms with Gasteiger partial charge in [-0.1, -0.05) is 30.3 Å². The first kappa shape index (κ1) is 29.8. The molecule has 2 saturated heterocycles. The van der Waals surface area contributed by atoms with Crippen LogP contribution in [0.2, 0.25) is 0 Å². The zero-order valence-electron chi connectivity index (χ0n) is 26.0. The van der Waals surface area contributed by atoms with Crippen molar-refractivity contribution in [1.82, 2.24) is 35.3 Å². The molecular formula is C35H37FN8O2. The molecule has 0 bridgehead atoms. The third-order valence-electron chi connectivity index (χ3n) is 9.33. The second-order valence-corrected chi connectivity index (χ2v) is 12.3. The van der Waals surface area contributed by atoms with Crippen molar-refractivity contribution in [1.29, 1.82) is 0 Å². The number of likely N-dealkylation sites (N-methyl/N-ethyl adjacent to an activating group) is 1. The van der Waals surface area contributed by atoms with Crippen LogP contribution in [0.25, 0.3) is 33.4 Å². The van der Waals surface area contributed by atoms with Crippen LogP contribution in [0.1, 0.15) is 40.2 Å². The lowest BCUT2D eigenvalue weighted by molar-refractivity contribution is 0.0363. The summed E-state index contributed by atoms with van der Waals surface area (Å²) in [5.41, 5.74) is 12.6. The topological polar surface area (TPSA) is 125 Å². The Kier molecular flexibility index (Phi) is 8.10. The van der Waals surface area contributed by atoms with Gasteiger partial charge >= 0.3 is 0 Å². The molecule has 2 aromatic carbocycles. The number of nitrogens with two attached hydrogens (primary N) is 1. The largest absolute Gasteiger partial charge is 0.496 e. The van der Waals surface area contributed by atoms with Crippen molar-refractivity contribution < 1.29 is 13.9 Å². The highest BCUT2D eigenvalue weighted by Gasteiger charge is 2.32. The minimum atomic E-state index is -0.505. The molecule has 3 aromatic heterocycles. The number of nitrogen functional groups attached to an aromatic ring is 1. The molecule has 11 heteroatoms. The fourth-order valence-electron chi connectivity index (χ4n) is 6.68. The van der Waals surface area contributed by atoms with Gasteiger partial charge in [0.1, 0.15) is 11.6 Å². The number of ether oxygens (including phenoxy) is 1. The second kappa shape index (κ2) is 12.5. The zero-order chi connectivity index (χ0) is 31.8. The number of amides is 1. The number of benzene rings is 2. The summed E-state index contributed by atoms with van der Waals surface area (Å²) < 4.78 is 18.9. The summed E-state index contributed by atoms with van der Waals surface area (Å²) in [6.45, 7) is 4.91. The fourth-order valence-corrected chi connectivity index (χ4v) is 6.68. The van der Waals surface area contributed by atoms with Crippen LogP contribution in [0, 0.1) is 5.82 Å². The number of carbonyl (C=O) groups is 1. The summed E-state index contributed by atoms with van der Waals surface area (Å²) in [7, 11) is 3.63. The van der Waals surface area contributed by atoms with E-state index in [0.29, 0.717) is 23.2 Å². The van der Waals surface area contributed by atoms with Crippen LogP contribution in [-0.2, 0) is 6.54 Å². The minimum Gasteiger partial charge on any atom is -0.496 e. The third kappa shape index (κ3) is 5.79. The molecule has 5 heterocycles. The molecule has 4 N–H and O–H groups in total. The summed E-state index contributed by atoms with van der Waals surface area (Å²) in [5, 5.41) is 11.0. The number of fused-ring (bicyclic) bond motifs is 1. The number of nitrogens with one attached hydrogen (secondary N) is 2. The molecule has 0 unspecified atom stereocenters. The van der Waals surface area contributed by atoms with E-state index in [2.05, 4.69) is 44.5 Å². The van der Waals surface area contributed by atoms with Crippen molar-refractivity contribution in [2.45, 2.75) is 31.3 Å². The maximum Gasteiger partial charge on any atom is 0.255 e. The molecule has 10 nitrogen and oxygen atoms in total. The third-order valence-corrected chi connectivity index (χ3v) is 9.33. The number of rotatable bonds is 8. The Morgan fingerprint density at radius 3 is 2.54 bits per heavy atom. The maximum absolute atomic E-state index is 13.7. The van der Waals surface area contributed by atoms with Gasteiger partial charge in [0.25, 0.3) is 5.91 Å². The Morgan fingerprint density at radius 2 is 1.85 bits per heavy atom. The average molecular weight is 621 g/mol. The maximum atomic E-state index is 13.7. The van der Waals surface area contributed by atoms with Gasteiger partial charge in [0.05, 0.1) is 35.0 Å². The fraction of sp³-hybridized carbons (Fsp3) is 0.314. The molecule has 0 radical (unpaired) electrons. The van der Waals surface area contributed by atoms with Crippen LogP contribution in [-0.4, -0.2) is 82.3 Å². The summed E-state index contributed by atoms with van der Waals surface area (Å²) in [5.74, 6) is 0.273. The zero-order valence-corrected chi connectivity index (χ0v) is 26.0. The van der Waals surface area contributed by atoms with Crippen LogP contribution < -0.4 is 15.8 Å². The van der Waals surface area contributed by atoms with Crippen LogP contribution in [0.5, 0.6) is 5.75 Å². The van der Waals surface area contributed by atoms with Crippen molar-refractivity contribution in [3.8, 4) is 28.3 Å². The summed E-state index contributed by atoms with van der Waals surface area (Å²) in [4.78, 5) is 27.4. The van der Waals surface area contributed by atoms with E-state index < -0.39 is 11.7 Å². The number of anilines is 1. The number of aromatic amines is 1. The first-order chi connectivity index (χ1) is 22.4. The van der Waals surface area contributed by atoms with E-state index in [1.54, 1.807) is 0 Å². The molecule has 0 aliphatic carbocycles. The first-order valence-corrected chi connectivity index (χ1v) is 15.6. The summed E-state index contributed by atoms with van der Waals surface area (Å²) >= 11 is 0. The molecule has 0 atom stereocenters. The molecular weight excluding hydrogens is 583 g/mol. The van der Waals surface area contributed by atoms with E-state index in [-0.39, 0.29) is 12.1 Å². The number of piperidine rings is 1. The van der Waals surface area contributed by atoms with Crippen molar-refractivity contribution in [3.63, 3.8) is 0 Å². The Morgan fingerprint density at radius 1 is 1.07 bits per heavy atom. The highest BCUT2D eigenvalue weighted by molar-refractivity contribution is 6.05. The average Bonchev–Trinajstić information content (AvgIpc) is 3.47. The van der Waals surface area contributed by atoms with Gasteiger partial charge in [0.15, 0.2) is 5.82 Å². The molecule has 0 saturated carbocycles. The van der Waals surface area contributed by atoms with E-state index in [4.69, 9.17) is 20.4 Å². The second-order valence-electron chi connectivity index (χ2n) is 12.3. The molecule has 7 rings (SSSR count). The van der Waals surface area contributed by atoms with Crippen LogP contribution in [0.3, 0.4) is 0 Å². The lowest BCUT2D eigenvalue weighted by Gasteiger charge is -2.46. The number of hydrogen-bond acceptors (Lipinski definition) is 8. The van der Waals surface area contributed by atoms with Crippen LogP contribution >= 0.6 is 0 Å². The number of methoxy groups -OCH3 is 1. The Balaban J connectivity index is 1.05. The lowest BCUT2D eigenvalue weighted by Crippen LogP contribution is -2.59. The highest BCUT2D eigenvalue weighted by atomic mass is 19.1. The number of carbonyl (C=O) groups excluding carboxylic acids is 1. The number of halogens is 1. The number of pyridine rings is 2. The van der Waals surface area contributed by atoms with Gasteiger partial charge in [-0.25, -0.2) is 4.39 Å². The molecule has 1 amide bonds. The minimum absolute atomic E-state index is 0.142. The van der Waals surface area contributed by atoms with Crippen molar-refractivity contribution in [3.05, 3.63) is 89.5 Å². The number of H-pyrrole nitrogens is 1. The molecule has 2 fully saturated rings. The van der Waals surface area contributed by atoms with E-state index in [1.807, 2.05) is 36.7 Å². The molecule has 0 spiro atoms. The Labute approximate surface area is 266 Å². The molecule has 5 aromatic rings. The SMILES string of the molecule is COc1ccc(F)cc1C(=O)NCc1ccc(-c2ncc(-c3ccc(C4CCN(C5CN(C)C5)CC4)cn3)c3[nH]nc(N)c23)cc1. The highest BCUT2D eigenvalue weighted by Crippen LogP contribution is 2.36. The van der Waals surface area contributed by atoms with Gasteiger partial charge in [-0.2, -0.15) is 5.10 Å². The number of hydrogen-bond donors (Lipinski definition) is 3. The van der Waals surface area contributed by atoms with Crippen LogP contribution in [0.4, 0.5) is 10.2 Å². The van der Waals surface area contributed by atoms with Crippen molar-refractivity contribution in [2.24, 2.45) is 0 Å². The smallest absolute Gasteiger partial charge is 0.255 e. The number of likely N-dealkylation sites (tertiary alicyclic amines) is 2. The van der Waals surface area contributed by atoms with Gasteiger partial charge in [-0.05, 0) is 74.3 Å². The van der Waals surface area contributed by atoms with Gasteiger partial charge < -0.3 is 20.7 Å². The molecule has 46 heavy (non-hydrogen) atoms. The van der Waals surface area contributed by atoms with E-state index >= 15 is 0 Å². The van der Waals surface area contributed by atoms with Crippen LogP contribution in [0.15, 0.2) is 67.0 Å². The van der Waals surface area contributed by atoms with Gasteiger partial charge in [0.2, 0.25) is 0 Å². The van der Waals surface area contributed by atoms with E-state index in [1.165, 1.54) is 37.9 Å². The molecule has 2 aliphatic rings.